The number of fused-ring (bicyclic) bond motifs is 3. The van der Waals surface area contributed by atoms with E-state index in [0.717, 1.165) is 12.5 Å². The topological polar surface area (TPSA) is 41.8 Å². The summed E-state index contributed by atoms with van der Waals surface area (Å²) in [5.41, 5.74) is 9.04. The van der Waals surface area contributed by atoms with Gasteiger partial charge in [-0.15, -0.1) is 0 Å². The summed E-state index contributed by atoms with van der Waals surface area (Å²) in [5.74, 6) is 0.824. The standard InChI is InChI=1S/C13H11N.C6H15N/c1-9-6-7-11-10-4-2-3-5-12(10)14-13(11)8-9;1-3-6(2)4-5-7/h2-8,14H,1H3;6H,3-5,7H2,1-2H3. The second-order valence-corrected chi connectivity index (χ2v) is 5.81. The SMILES string of the molecule is CCC(C)CCN.Cc1ccc2c(c1)[nH]c1ccccc12. The van der Waals surface area contributed by atoms with Crippen LogP contribution in [0.2, 0.25) is 0 Å². The molecule has 2 aromatic carbocycles. The molecule has 0 aliphatic heterocycles. The number of hydrogen-bond donors (Lipinski definition) is 2. The van der Waals surface area contributed by atoms with E-state index in [1.54, 1.807) is 0 Å². The van der Waals surface area contributed by atoms with Gasteiger partial charge in [-0.25, -0.2) is 0 Å². The number of para-hydroxylation sites is 1. The lowest BCUT2D eigenvalue weighted by molar-refractivity contribution is 0.524. The third kappa shape index (κ3) is 3.85. The Morgan fingerprint density at radius 1 is 1.05 bits per heavy atom. The van der Waals surface area contributed by atoms with Gasteiger partial charge in [0, 0.05) is 21.8 Å². The molecule has 3 N–H and O–H groups in total. The molecule has 21 heavy (non-hydrogen) atoms. The number of rotatable bonds is 3. The molecule has 1 atom stereocenters. The van der Waals surface area contributed by atoms with E-state index in [4.69, 9.17) is 5.73 Å². The van der Waals surface area contributed by atoms with Gasteiger partial charge in [0.2, 0.25) is 0 Å². The van der Waals surface area contributed by atoms with Crippen LogP contribution in [0.1, 0.15) is 32.3 Å². The van der Waals surface area contributed by atoms with Crippen molar-refractivity contribution in [3.05, 3.63) is 48.0 Å². The van der Waals surface area contributed by atoms with Gasteiger partial charge in [0.15, 0.2) is 0 Å². The number of H-pyrrole nitrogens is 1. The van der Waals surface area contributed by atoms with Crippen LogP contribution in [0.15, 0.2) is 42.5 Å². The quantitative estimate of drug-likeness (QED) is 0.696. The first-order valence-corrected chi connectivity index (χ1v) is 7.82. The Morgan fingerprint density at radius 2 is 1.76 bits per heavy atom. The smallest absolute Gasteiger partial charge is 0.0467 e. The Labute approximate surface area is 127 Å². The number of nitrogens with two attached hydrogens (primary N) is 1. The van der Waals surface area contributed by atoms with Gasteiger partial charge < -0.3 is 10.7 Å². The highest BCUT2D eigenvalue weighted by molar-refractivity contribution is 6.07. The molecule has 1 aromatic heterocycles. The number of hydrogen-bond acceptors (Lipinski definition) is 1. The van der Waals surface area contributed by atoms with Crippen LogP contribution in [0.25, 0.3) is 21.8 Å². The van der Waals surface area contributed by atoms with E-state index < -0.39 is 0 Å². The highest BCUT2D eigenvalue weighted by Gasteiger charge is 2.01. The molecule has 112 valence electrons. The van der Waals surface area contributed by atoms with E-state index in [2.05, 4.69) is 68.2 Å². The van der Waals surface area contributed by atoms with Crippen molar-refractivity contribution in [3.8, 4) is 0 Å². The van der Waals surface area contributed by atoms with E-state index in [1.165, 1.54) is 40.2 Å². The molecule has 0 saturated heterocycles. The molecule has 0 amide bonds. The minimum Gasteiger partial charge on any atom is -0.355 e. The fourth-order valence-electron chi connectivity index (χ4n) is 2.46. The average molecular weight is 282 g/mol. The lowest BCUT2D eigenvalue weighted by atomic mass is 10.1. The van der Waals surface area contributed by atoms with Gasteiger partial charge in [0.05, 0.1) is 0 Å². The molecule has 0 radical (unpaired) electrons. The van der Waals surface area contributed by atoms with Gasteiger partial charge in [-0.2, -0.15) is 0 Å². The summed E-state index contributed by atoms with van der Waals surface area (Å²) in [7, 11) is 0. The third-order valence-electron chi connectivity index (χ3n) is 4.02. The summed E-state index contributed by atoms with van der Waals surface area (Å²) in [6, 6.07) is 14.9. The number of benzene rings is 2. The van der Waals surface area contributed by atoms with Gasteiger partial charge in [0.1, 0.15) is 0 Å². The highest BCUT2D eigenvalue weighted by atomic mass is 14.7. The lowest BCUT2D eigenvalue weighted by Gasteiger charge is -2.02. The highest BCUT2D eigenvalue weighted by Crippen LogP contribution is 2.25. The molecule has 0 spiro atoms. The zero-order chi connectivity index (χ0) is 15.2. The van der Waals surface area contributed by atoms with Gasteiger partial charge >= 0.3 is 0 Å². The molecule has 3 rings (SSSR count). The largest absolute Gasteiger partial charge is 0.355 e. The third-order valence-corrected chi connectivity index (χ3v) is 4.02. The van der Waals surface area contributed by atoms with E-state index in [1.807, 2.05) is 0 Å². The molecular formula is C19H26N2. The summed E-state index contributed by atoms with van der Waals surface area (Å²) in [4.78, 5) is 3.42. The number of nitrogens with one attached hydrogen (secondary N) is 1. The van der Waals surface area contributed by atoms with Crippen LogP contribution in [-0.4, -0.2) is 11.5 Å². The van der Waals surface area contributed by atoms with Gasteiger partial charge in [-0.05, 0) is 43.5 Å². The van der Waals surface area contributed by atoms with Crippen LogP contribution in [0.5, 0.6) is 0 Å². The predicted molar refractivity (Wildman–Crippen MR) is 93.7 cm³/mol. The molecule has 0 saturated carbocycles. The Balaban J connectivity index is 0.000000199. The van der Waals surface area contributed by atoms with E-state index in [0.29, 0.717) is 0 Å². The van der Waals surface area contributed by atoms with E-state index in [-0.39, 0.29) is 0 Å². The molecule has 2 heteroatoms. The zero-order valence-corrected chi connectivity index (χ0v) is 13.3. The van der Waals surface area contributed by atoms with Gasteiger partial charge in [-0.3, -0.25) is 0 Å². The van der Waals surface area contributed by atoms with Crippen LogP contribution < -0.4 is 5.73 Å². The minimum absolute atomic E-state index is 0.824. The lowest BCUT2D eigenvalue weighted by Crippen LogP contribution is -2.04. The summed E-state index contributed by atoms with van der Waals surface area (Å²) in [6.07, 6.45) is 2.44. The van der Waals surface area contributed by atoms with Crippen molar-refractivity contribution in [1.82, 2.24) is 4.98 Å². The monoisotopic (exact) mass is 282 g/mol. The molecule has 1 unspecified atom stereocenters. The van der Waals surface area contributed by atoms with E-state index >= 15 is 0 Å². The summed E-state index contributed by atoms with van der Waals surface area (Å²) >= 11 is 0. The fraction of sp³-hybridized carbons (Fsp3) is 0.368. The Kier molecular flexibility index (Phi) is 5.40. The Morgan fingerprint density at radius 3 is 2.43 bits per heavy atom. The van der Waals surface area contributed by atoms with Crippen molar-refractivity contribution in [1.29, 1.82) is 0 Å². The maximum absolute atomic E-state index is 5.30. The van der Waals surface area contributed by atoms with Gasteiger partial charge in [0.25, 0.3) is 0 Å². The van der Waals surface area contributed by atoms with Crippen LogP contribution in [0.3, 0.4) is 0 Å². The molecule has 1 heterocycles. The molecule has 0 aliphatic carbocycles. The van der Waals surface area contributed by atoms with Crippen molar-refractivity contribution in [2.24, 2.45) is 11.7 Å². The summed E-state index contributed by atoms with van der Waals surface area (Å²) < 4.78 is 0. The van der Waals surface area contributed by atoms with Crippen molar-refractivity contribution in [2.75, 3.05) is 6.54 Å². The molecule has 3 aromatic rings. The van der Waals surface area contributed by atoms with Crippen LogP contribution in [-0.2, 0) is 0 Å². The van der Waals surface area contributed by atoms with Crippen molar-refractivity contribution in [2.45, 2.75) is 33.6 Å². The average Bonchev–Trinajstić information content (AvgIpc) is 2.85. The first-order valence-electron chi connectivity index (χ1n) is 7.82. The van der Waals surface area contributed by atoms with Gasteiger partial charge in [-0.1, -0.05) is 50.6 Å². The maximum atomic E-state index is 5.30. The predicted octanol–water partition coefficient (Wildman–Crippen LogP) is 5.01. The van der Waals surface area contributed by atoms with Crippen molar-refractivity contribution >= 4 is 21.8 Å². The molecular weight excluding hydrogens is 256 g/mol. The number of aromatic amines is 1. The summed E-state index contributed by atoms with van der Waals surface area (Å²) in [6.45, 7) is 7.38. The second kappa shape index (κ2) is 7.28. The van der Waals surface area contributed by atoms with Crippen molar-refractivity contribution in [3.63, 3.8) is 0 Å². The fourth-order valence-corrected chi connectivity index (χ4v) is 2.46. The first-order chi connectivity index (χ1) is 10.2. The molecule has 0 aliphatic rings. The van der Waals surface area contributed by atoms with Crippen molar-refractivity contribution < 1.29 is 0 Å². The second-order valence-electron chi connectivity index (χ2n) is 5.81. The zero-order valence-electron chi connectivity index (χ0n) is 13.3. The van der Waals surface area contributed by atoms with Crippen LogP contribution in [0, 0.1) is 12.8 Å². The number of aromatic nitrogens is 1. The number of aryl methyl sites for hydroxylation is 1. The Hall–Kier alpha value is -1.80. The maximum Gasteiger partial charge on any atom is 0.0467 e. The van der Waals surface area contributed by atoms with Crippen LogP contribution in [0.4, 0.5) is 0 Å². The Bertz CT molecular complexity index is 697. The summed E-state index contributed by atoms with van der Waals surface area (Å²) in [5, 5.41) is 2.62. The first kappa shape index (κ1) is 15.6. The molecule has 0 fully saturated rings. The van der Waals surface area contributed by atoms with Crippen LogP contribution >= 0.6 is 0 Å². The molecule has 0 bridgehead atoms. The minimum atomic E-state index is 0.824. The normalized spacial score (nSPS) is 12.2. The van der Waals surface area contributed by atoms with E-state index in [9.17, 15) is 0 Å². The molecule has 2 nitrogen and oxygen atoms in total.